The molecule has 2 atom stereocenters. The second-order valence-corrected chi connectivity index (χ2v) is 2.42. The van der Waals surface area contributed by atoms with Crippen molar-refractivity contribution >= 4 is 5.91 Å². The van der Waals surface area contributed by atoms with E-state index >= 15 is 0 Å². The fourth-order valence-corrected chi connectivity index (χ4v) is 1.10. The van der Waals surface area contributed by atoms with Crippen LogP contribution in [0.15, 0.2) is 0 Å². The van der Waals surface area contributed by atoms with Gasteiger partial charge in [-0.1, -0.05) is 5.92 Å². The molecule has 0 bridgehead atoms. The summed E-state index contributed by atoms with van der Waals surface area (Å²) in [5.74, 6) is 2.22. The third-order valence-electron chi connectivity index (χ3n) is 1.69. The Labute approximate surface area is 60.0 Å². The molecule has 0 spiro atoms. The van der Waals surface area contributed by atoms with Crippen molar-refractivity contribution in [3.05, 3.63) is 0 Å². The molecule has 0 radical (unpaired) electrons. The highest BCUT2D eigenvalue weighted by molar-refractivity contribution is 5.80. The molecule has 0 saturated carbocycles. The number of nitrogens with one attached hydrogen (secondary N) is 1. The first-order valence-electron chi connectivity index (χ1n) is 3.25. The fraction of sp³-hybridized carbons (Fsp3) is 0.571. The van der Waals surface area contributed by atoms with Crippen LogP contribution in [0, 0.1) is 12.3 Å². The van der Waals surface area contributed by atoms with Crippen molar-refractivity contribution in [3.63, 3.8) is 0 Å². The van der Waals surface area contributed by atoms with Gasteiger partial charge in [-0.05, 0) is 12.8 Å². The molecule has 0 aromatic heterocycles. The molecule has 3 heteroatoms. The average Bonchev–Trinajstić information content (AvgIpc) is 2.34. The van der Waals surface area contributed by atoms with Gasteiger partial charge in [0.15, 0.2) is 0 Å². The van der Waals surface area contributed by atoms with E-state index in [1.165, 1.54) is 0 Å². The quantitative estimate of drug-likeness (QED) is 0.467. The standard InChI is InChI=1S/C7H10N2O/c1-2-5-3-4-6(9-5)7(8)10/h1,5-6,9H,3-4H2,(H2,8,10)/t5-,6-/m0/s1. The molecule has 1 heterocycles. The minimum atomic E-state index is -0.308. The van der Waals surface area contributed by atoms with Crippen molar-refractivity contribution in [2.75, 3.05) is 0 Å². The van der Waals surface area contributed by atoms with E-state index in [4.69, 9.17) is 12.2 Å². The van der Waals surface area contributed by atoms with Gasteiger partial charge in [0.1, 0.15) is 0 Å². The third kappa shape index (κ3) is 1.28. The average molecular weight is 138 g/mol. The maximum absolute atomic E-state index is 10.6. The van der Waals surface area contributed by atoms with Crippen molar-refractivity contribution < 1.29 is 4.79 Å². The van der Waals surface area contributed by atoms with Gasteiger partial charge >= 0.3 is 0 Å². The van der Waals surface area contributed by atoms with Crippen LogP contribution in [-0.4, -0.2) is 18.0 Å². The van der Waals surface area contributed by atoms with Crippen LogP contribution in [0.1, 0.15) is 12.8 Å². The van der Waals surface area contributed by atoms with Crippen LogP contribution in [0.2, 0.25) is 0 Å². The maximum Gasteiger partial charge on any atom is 0.234 e. The SMILES string of the molecule is C#C[C@H]1CC[C@@H](C(N)=O)N1. The summed E-state index contributed by atoms with van der Waals surface area (Å²) in [6, 6.07) is -0.168. The highest BCUT2D eigenvalue weighted by Gasteiger charge is 2.25. The topological polar surface area (TPSA) is 55.1 Å². The van der Waals surface area contributed by atoms with Crippen LogP contribution in [0.3, 0.4) is 0 Å². The molecular weight excluding hydrogens is 128 g/mol. The predicted molar refractivity (Wildman–Crippen MR) is 38.0 cm³/mol. The van der Waals surface area contributed by atoms with Crippen molar-refractivity contribution in [1.82, 2.24) is 5.32 Å². The Morgan fingerprint density at radius 1 is 1.70 bits per heavy atom. The van der Waals surface area contributed by atoms with E-state index in [-0.39, 0.29) is 18.0 Å². The molecule has 1 amide bonds. The van der Waals surface area contributed by atoms with Gasteiger partial charge in [-0.3, -0.25) is 10.1 Å². The second-order valence-electron chi connectivity index (χ2n) is 2.42. The van der Waals surface area contributed by atoms with E-state index in [2.05, 4.69) is 11.2 Å². The molecule has 0 aromatic rings. The van der Waals surface area contributed by atoms with E-state index in [9.17, 15) is 4.79 Å². The molecule has 1 aliphatic rings. The van der Waals surface area contributed by atoms with Crippen molar-refractivity contribution in [2.45, 2.75) is 24.9 Å². The Balaban J connectivity index is 2.45. The van der Waals surface area contributed by atoms with E-state index in [1.54, 1.807) is 0 Å². The zero-order chi connectivity index (χ0) is 7.56. The number of carbonyl (C=O) groups excluding carboxylic acids is 1. The first-order valence-corrected chi connectivity index (χ1v) is 3.25. The van der Waals surface area contributed by atoms with E-state index in [0.717, 1.165) is 12.8 Å². The number of hydrogen-bond acceptors (Lipinski definition) is 2. The molecule has 3 N–H and O–H groups in total. The molecule has 1 rings (SSSR count). The summed E-state index contributed by atoms with van der Waals surface area (Å²) in [4.78, 5) is 10.6. The lowest BCUT2D eigenvalue weighted by molar-refractivity contribution is -0.119. The van der Waals surface area contributed by atoms with Crippen LogP contribution in [-0.2, 0) is 4.79 Å². The summed E-state index contributed by atoms with van der Waals surface area (Å²) in [6.45, 7) is 0. The van der Waals surface area contributed by atoms with Crippen molar-refractivity contribution in [3.8, 4) is 12.3 Å². The molecule has 3 nitrogen and oxygen atoms in total. The van der Waals surface area contributed by atoms with Crippen LogP contribution in [0.5, 0.6) is 0 Å². The molecule has 1 aliphatic heterocycles. The number of amides is 1. The number of nitrogens with two attached hydrogens (primary N) is 1. The van der Waals surface area contributed by atoms with Gasteiger partial charge in [0.2, 0.25) is 5.91 Å². The van der Waals surface area contributed by atoms with Gasteiger partial charge in [0.25, 0.3) is 0 Å². The molecule has 0 aliphatic carbocycles. The number of rotatable bonds is 1. The number of carbonyl (C=O) groups is 1. The number of primary amides is 1. The molecule has 1 saturated heterocycles. The van der Waals surface area contributed by atoms with Crippen molar-refractivity contribution in [2.24, 2.45) is 5.73 Å². The smallest absolute Gasteiger partial charge is 0.234 e. The lowest BCUT2D eigenvalue weighted by Gasteiger charge is -2.04. The summed E-state index contributed by atoms with van der Waals surface area (Å²) >= 11 is 0. The van der Waals surface area contributed by atoms with Crippen LogP contribution >= 0.6 is 0 Å². The van der Waals surface area contributed by atoms with E-state index in [0.29, 0.717) is 0 Å². The summed E-state index contributed by atoms with van der Waals surface area (Å²) in [6.07, 6.45) is 6.75. The third-order valence-corrected chi connectivity index (χ3v) is 1.69. The lowest BCUT2D eigenvalue weighted by atomic mass is 10.2. The lowest BCUT2D eigenvalue weighted by Crippen LogP contribution is -2.39. The summed E-state index contributed by atoms with van der Waals surface area (Å²) in [5, 5.41) is 2.93. The van der Waals surface area contributed by atoms with Gasteiger partial charge in [-0.15, -0.1) is 6.42 Å². The summed E-state index contributed by atoms with van der Waals surface area (Å²) in [7, 11) is 0. The van der Waals surface area contributed by atoms with Gasteiger partial charge in [0, 0.05) is 0 Å². The largest absolute Gasteiger partial charge is 0.368 e. The zero-order valence-electron chi connectivity index (χ0n) is 5.63. The summed E-state index contributed by atoms with van der Waals surface area (Å²) < 4.78 is 0. The first kappa shape index (κ1) is 7.10. The molecule has 0 unspecified atom stereocenters. The Bertz CT molecular complexity index is 183. The minimum Gasteiger partial charge on any atom is -0.368 e. The Morgan fingerprint density at radius 2 is 2.40 bits per heavy atom. The van der Waals surface area contributed by atoms with Crippen LogP contribution in [0.25, 0.3) is 0 Å². The molecule has 54 valence electrons. The second kappa shape index (κ2) is 2.72. The molecule has 10 heavy (non-hydrogen) atoms. The Hall–Kier alpha value is -1.01. The van der Waals surface area contributed by atoms with E-state index in [1.807, 2.05) is 0 Å². The predicted octanol–water partition coefficient (Wildman–Crippen LogP) is -0.774. The Morgan fingerprint density at radius 3 is 2.70 bits per heavy atom. The summed E-state index contributed by atoms with van der Waals surface area (Å²) in [5.41, 5.74) is 5.04. The van der Waals surface area contributed by atoms with Crippen LogP contribution < -0.4 is 11.1 Å². The Kier molecular flexibility index (Phi) is 1.93. The maximum atomic E-state index is 10.6. The molecule has 1 fully saturated rings. The first-order chi connectivity index (χ1) is 4.74. The zero-order valence-corrected chi connectivity index (χ0v) is 5.63. The van der Waals surface area contributed by atoms with Crippen molar-refractivity contribution in [1.29, 1.82) is 0 Å². The van der Waals surface area contributed by atoms with E-state index < -0.39 is 0 Å². The monoisotopic (exact) mass is 138 g/mol. The minimum absolute atomic E-state index is 0.0394. The van der Waals surface area contributed by atoms with Gasteiger partial charge in [-0.2, -0.15) is 0 Å². The van der Waals surface area contributed by atoms with Gasteiger partial charge in [-0.25, -0.2) is 0 Å². The number of hydrogen-bond donors (Lipinski definition) is 2. The fourth-order valence-electron chi connectivity index (χ4n) is 1.10. The highest BCUT2D eigenvalue weighted by Crippen LogP contribution is 2.10. The molecular formula is C7H10N2O. The highest BCUT2D eigenvalue weighted by atomic mass is 16.1. The number of terminal acetylenes is 1. The van der Waals surface area contributed by atoms with Gasteiger partial charge in [0.05, 0.1) is 12.1 Å². The van der Waals surface area contributed by atoms with Crippen LogP contribution in [0.4, 0.5) is 0 Å². The van der Waals surface area contributed by atoms with Gasteiger partial charge < -0.3 is 5.73 Å². The molecule has 0 aromatic carbocycles. The normalized spacial score (nSPS) is 31.5.